The van der Waals surface area contributed by atoms with E-state index in [0.717, 1.165) is 24.8 Å². The smallest absolute Gasteiger partial charge is 0.0893 e. The summed E-state index contributed by atoms with van der Waals surface area (Å²) in [5.74, 6) is 0. The molecule has 1 saturated heterocycles. The number of hydrogen-bond donors (Lipinski definition) is 1. The van der Waals surface area contributed by atoms with E-state index in [0.29, 0.717) is 0 Å². The Bertz CT molecular complexity index is 301. The first-order valence-electron chi connectivity index (χ1n) is 6.57. The van der Waals surface area contributed by atoms with Gasteiger partial charge in [0.25, 0.3) is 0 Å². The lowest BCUT2D eigenvalue weighted by atomic mass is 10.0. The summed E-state index contributed by atoms with van der Waals surface area (Å²) >= 11 is 1.42. The monoisotopic (exact) mass is 254 g/mol. The van der Waals surface area contributed by atoms with E-state index in [2.05, 4.69) is 26.7 Å². The first kappa shape index (κ1) is 12.9. The second-order valence-electron chi connectivity index (χ2n) is 4.81. The maximum atomic E-state index is 4.01. The van der Waals surface area contributed by atoms with Crippen LogP contribution in [0.5, 0.6) is 0 Å². The highest BCUT2D eigenvalue weighted by molar-refractivity contribution is 7.03. The van der Waals surface area contributed by atoms with Gasteiger partial charge in [0.15, 0.2) is 0 Å². The number of piperidine rings is 1. The molecule has 17 heavy (non-hydrogen) atoms. The highest BCUT2D eigenvalue weighted by Crippen LogP contribution is 2.15. The summed E-state index contributed by atoms with van der Waals surface area (Å²) in [6, 6.07) is 0.784. The summed E-state index contributed by atoms with van der Waals surface area (Å²) in [6.45, 7) is 6.79. The Hall–Kier alpha value is -0.520. The Balaban J connectivity index is 1.53. The molecule has 0 spiro atoms. The van der Waals surface area contributed by atoms with Crippen molar-refractivity contribution in [1.82, 2.24) is 19.8 Å². The van der Waals surface area contributed by atoms with Crippen molar-refractivity contribution in [3.63, 3.8) is 0 Å². The second kappa shape index (κ2) is 7.03. The molecular weight excluding hydrogens is 232 g/mol. The maximum Gasteiger partial charge on any atom is 0.0893 e. The molecule has 1 unspecified atom stereocenters. The van der Waals surface area contributed by atoms with Crippen LogP contribution in [0.4, 0.5) is 0 Å². The van der Waals surface area contributed by atoms with Crippen LogP contribution in [0.25, 0.3) is 0 Å². The Morgan fingerprint density at radius 2 is 2.47 bits per heavy atom. The first-order valence-corrected chi connectivity index (χ1v) is 7.40. The molecule has 1 aliphatic heterocycles. The third-order valence-electron chi connectivity index (χ3n) is 3.45. The van der Waals surface area contributed by atoms with Crippen LogP contribution in [0, 0.1) is 0 Å². The van der Waals surface area contributed by atoms with Crippen molar-refractivity contribution >= 4 is 11.5 Å². The molecule has 1 aromatic rings. The Kier molecular flexibility index (Phi) is 5.35. The number of hydrogen-bond acceptors (Lipinski definition) is 5. The fraction of sp³-hybridized carbons (Fsp3) is 0.833. The molecule has 0 aromatic carbocycles. The molecule has 1 aliphatic rings. The molecule has 5 heteroatoms. The van der Waals surface area contributed by atoms with Crippen LogP contribution in [-0.2, 0) is 6.54 Å². The fourth-order valence-electron chi connectivity index (χ4n) is 2.37. The summed E-state index contributed by atoms with van der Waals surface area (Å²) < 4.78 is 3.85. The van der Waals surface area contributed by atoms with Crippen LogP contribution in [0.2, 0.25) is 0 Å². The predicted octanol–water partition coefficient (Wildman–Crippen LogP) is 1.89. The third-order valence-corrected chi connectivity index (χ3v) is 4.00. The van der Waals surface area contributed by atoms with Gasteiger partial charge >= 0.3 is 0 Å². The molecular formula is C12H22N4S. The average molecular weight is 254 g/mol. The Morgan fingerprint density at radius 3 is 3.24 bits per heavy atom. The lowest BCUT2D eigenvalue weighted by Crippen LogP contribution is -2.38. The normalized spacial score (nSPS) is 21.8. The Labute approximate surface area is 108 Å². The molecule has 0 radical (unpaired) electrons. The molecule has 1 aromatic heterocycles. The van der Waals surface area contributed by atoms with E-state index in [1.807, 2.05) is 5.38 Å². The summed E-state index contributed by atoms with van der Waals surface area (Å²) in [7, 11) is 0. The van der Waals surface area contributed by atoms with Crippen molar-refractivity contribution in [2.24, 2.45) is 0 Å². The van der Waals surface area contributed by atoms with Crippen molar-refractivity contribution in [3.8, 4) is 0 Å². The van der Waals surface area contributed by atoms with Gasteiger partial charge in [-0.1, -0.05) is 10.9 Å². The van der Waals surface area contributed by atoms with Crippen LogP contribution in [0.3, 0.4) is 0 Å². The molecule has 0 aliphatic carbocycles. The third kappa shape index (κ3) is 4.33. The zero-order valence-electron chi connectivity index (χ0n) is 10.6. The topological polar surface area (TPSA) is 41.0 Å². The van der Waals surface area contributed by atoms with Crippen LogP contribution in [0.15, 0.2) is 5.38 Å². The highest BCUT2D eigenvalue weighted by Gasteiger charge is 2.16. The molecule has 0 amide bonds. The minimum Gasteiger partial charge on any atom is -0.311 e. The van der Waals surface area contributed by atoms with Crippen LogP contribution in [-0.4, -0.2) is 40.2 Å². The zero-order valence-corrected chi connectivity index (χ0v) is 11.4. The number of likely N-dealkylation sites (tertiary alicyclic amines) is 1. The molecule has 1 atom stereocenters. The van der Waals surface area contributed by atoms with Gasteiger partial charge in [-0.05, 0) is 57.4 Å². The standard InChI is InChI=1S/C12H22N4S/c1-11-5-2-3-7-16(11)8-4-6-13-9-12-10-17-15-14-12/h10-11,13H,2-9H2,1H3. The molecule has 2 rings (SSSR count). The van der Waals surface area contributed by atoms with Gasteiger partial charge < -0.3 is 10.2 Å². The molecule has 96 valence electrons. The van der Waals surface area contributed by atoms with Gasteiger partial charge in [0.2, 0.25) is 0 Å². The number of nitrogens with one attached hydrogen (secondary N) is 1. The summed E-state index contributed by atoms with van der Waals surface area (Å²) in [4.78, 5) is 2.62. The second-order valence-corrected chi connectivity index (χ2v) is 5.42. The predicted molar refractivity (Wildman–Crippen MR) is 71.1 cm³/mol. The van der Waals surface area contributed by atoms with Crippen molar-refractivity contribution in [2.45, 2.75) is 45.2 Å². The van der Waals surface area contributed by atoms with E-state index in [4.69, 9.17) is 0 Å². The van der Waals surface area contributed by atoms with Crippen LogP contribution < -0.4 is 5.32 Å². The van der Waals surface area contributed by atoms with Crippen molar-refractivity contribution in [1.29, 1.82) is 0 Å². The van der Waals surface area contributed by atoms with Gasteiger partial charge in [-0.3, -0.25) is 0 Å². The van der Waals surface area contributed by atoms with Gasteiger partial charge in [0.05, 0.1) is 5.69 Å². The Morgan fingerprint density at radius 1 is 1.53 bits per heavy atom. The summed E-state index contributed by atoms with van der Waals surface area (Å²) in [6.07, 6.45) is 5.38. The lowest BCUT2D eigenvalue weighted by molar-refractivity contribution is 0.159. The molecule has 4 nitrogen and oxygen atoms in total. The van der Waals surface area contributed by atoms with E-state index in [-0.39, 0.29) is 0 Å². The lowest BCUT2D eigenvalue weighted by Gasteiger charge is -2.33. The fourth-order valence-corrected chi connectivity index (χ4v) is 2.83. The first-order chi connectivity index (χ1) is 8.36. The number of nitrogens with zero attached hydrogens (tertiary/aromatic N) is 3. The largest absolute Gasteiger partial charge is 0.311 e. The minimum atomic E-state index is 0.784. The van der Waals surface area contributed by atoms with E-state index >= 15 is 0 Å². The highest BCUT2D eigenvalue weighted by atomic mass is 32.1. The summed E-state index contributed by atoms with van der Waals surface area (Å²) in [5, 5.41) is 9.43. The average Bonchev–Trinajstić information content (AvgIpc) is 2.84. The minimum absolute atomic E-state index is 0.784. The number of aromatic nitrogens is 2. The number of rotatable bonds is 6. The van der Waals surface area contributed by atoms with E-state index in [1.165, 1.54) is 50.3 Å². The molecule has 1 fully saturated rings. The molecule has 0 bridgehead atoms. The van der Waals surface area contributed by atoms with Crippen LogP contribution >= 0.6 is 11.5 Å². The van der Waals surface area contributed by atoms with Gasteiger partial charge in [-0.2, -0.15) is 0 Å². The van der Waals surface area contributed by atoms with Crippen molar-refractivity contribution in [3.05, 3.63) is 11.1 Å². The van der Waals surface area contributed by atoms with Crippen LogP contribution in [0.1, 0.15) is 38.3 Å². The van der Waals surface area contributed by atoms with Gasteiger partial charge in [-0.25, -0.2) is 0 Å². The van der Waals surface area contributed by atoms with E-state index in [9.17, 15) is 0 Å². The van der Waals surface area contributed by atoms with Gasteiger partial charge in [-0.15, -0.1) is 5.10 Å². The SMILES string of the molecule is CC1CCCCN1CCCNCc1csnn1. The van der Waals surface area contributed by atoms with Gasteiger partial charge in [0.1, 0.15) is 0 Å². The van der Waals surface area contributed by atoms with Crippen molar-refractivity contribution in [2.75, 3.05) is 19.6 Å². The zero-order chi connectivity index (χ0) is 11.9. The van der Waals surface area contributed by atoms with E-state index in [1.54, 1.807) is 0 Å². The quantitative estimate of drug-likeness (QED) is 0.787. The van der Waals surface area contributed by atoms with E-state index < -0.39 is 0 Å². The van der Waals surface area contributed by atoms with Crippen molar-refractivity contribution < 1.29 is 0 Å². The summed E-state index contributed by atoms with van der Waals surface area (Å²) in [5.41, 5.74) is 1.06. The molecule has 2 heterocycles. The maximum absolute atomic E-state index is 4.01. The van der Waals surface area contributed by atoms with Gasteiger partial charge in [0, 0.05) is 18.0 Å². The molecule has 0 saturated carbocycles. The molecule has 1 N–H and O–H groups in total.